The maximum Gasteiger partial charge on any atom is 0.355 e. The predicted molar refractivity (Wildman–Crippen MR) is 101 cm³/mol. The van der Waals surface area contributed by atoms with Crippen LogP contribution < -0.4 is 10.3 Å². The van der Waals surface area contributed by atoms with Crippen molar-refractivity contribution in [3.63, 3.8) is 0 Å². The number of anilines is 1. The topological polar surface area (TPSA) is 51.9 Å². The smallest absolute Gasteiger partial charge is 0.291 e. The average Bonchev–Trinajstić information content (AvgIpc) is 2.86. The number of halogens is 2. The van der Waals surface area contributed by atoms with Crippen LogP contribution >= 0.6 is 23.2 Å². The summed E-state index contributed by atoms with van der Waals surface area (Å²) >= 11 is 12.1. The standard InChI is InChI=1S/C19H17Cl2N3O/c1-12-3-5-13(6-4-12)18(25)11-24-10-17(23(2)19(24)22)14-7-8-15(20)16(21)9-14/h3-10,22H,11H2,1-2H3/p+1. The van der Waals surface area contributed by atoms with Gasteiger partial charge in [0.1, 0.15) is 18.4 Å². The number of rotatable bonds is 4. The zero-order valence-electron chi connectivity index (χ0n) is 14.0. The van der Waals surface area contributed by atoms with Crippen LogP contribution in [-0.2, 0) is 13.6 Å². The lowest BCUT2D eigenvalue weighted by molar-refractivity contribution is -0.667. The Morgan fingerprint density at radius 3 is 2.44 bits per heavy atom. The first-order valence-electron chi connectivity index (χ1n) is 7.76. The highest BCUT2D eigenvalue weighted by Crippen LogP contribution is 2.28. The molecule has 0 aliphatic rings. The molecule has 0 amide bonds. The third-order valence-electron chi connectivity index (χ3n) is 4.18. The number of benzene rings is 2. The van der Waals surface area contributed by atoms with Crippen molar-refractivity contribution in [3.8, 4) is 11.3 Å². The van der Waals surface area contributed by atoms with E-state index in [9.17, 15) is 4.79 Å². The minimum absolute atomic E-state index is 0.00277. The Bertz CT molecular complexity index is 946. The molecule has 0 bridgehead atoms. The number of hydrogen-bond donors (Lipinski definition) is 1. The Kier molecular flexibility index (Phi) is 4.84. The summed E-state index contributed by atoms with van der Waals surface area (Å²) < 4.78 is 3.56. The molecule has 2 aromatic carbocycles. The van der Waals surface area contributed by atoms with Gasteiger partial charge in [-0.2, -0.15) is 0 Å². The summed E-state index contributed by atoms with van der Waals surface area (Å²) in [5.74, 6) is 0.490. The minimum Gasteiger partial charge on any atom is -0.291 e. The van der Waals surface area contributed by atoms with E-state index in [1.807, 2.05) is 55.1 Å². The van der Waals surface area contributed by atoms with Crippen LogP contribution in [0, 0.1) is 6.92 Å². The Morgan fingerprint density at radius 1 is 1.12 bits per heavy atom. The summed E-state index contributed by atoms with van der Waals surface area (Å²) in [5.41, 5.74) is 9.69. The second-order valence-corrected chi connectivity index (χ2v) is 6.79. The highest BCUT2D eigenvalue weighted by molar-refractivity contribution is 6.42. The minimum atomic E-state index is 0.00277. The molecule has 0 atom stereocenters. The summed E-state index contributed by atoms with van der Waals surface area (Å²) in [6.07, 6.45) is 1.85. The highest BCUT2D eigenvalue weighted by Gasteiger charge is 2.20. The molecule has 4 nitrogen and oxygen atoms in total. The van der Waals surface area contributed by atoms with Crippen molar-refractivity contribution in [1.29, 1.82) is 0 Å². The maximum absolute atomic E-state index is 12.5. The lowest BCUT2D eigenvalue weighted by atomic mass is 10.1. The van der Waals surface area contributed by atoms with Gasteiger partial charge in [-0.1, -0.05) is 53.0 Å². The number of carbonyl (C=O) groups is 1. The molecular weight excluding hydrogens is 357 g/mol. The molecule has 3 aromatic rings. The maximum atomic E-state index is 12.5. The number of imidazole rings is 1. The van der Waals surface area contributed by atoms with Gasteiger partial charge in [0.25, 0.3) is 0 Å². The molecule has 1 heterocycles. The number of aromatic nitrogens is 2. The molecule has 0 radical (unpaired) electrons. The van der Waals surface area contributed by atoms with E-state index in [0.717, 1.165) is 16.8 Å². The first-order chi connectivity index (χ1) is 11.9. The normalized spacial score (nSPS) is 10.9. The SMILES string of the molecule is Cc1ccc(C(=O)C[n+]2cc(-c3ccc(Cl)c(Cl)c3)n(C)c2N)cc1. The van der Waals surface area contributed by atoms with Crippen LogP contribution in [-0.4, -0.2) is 10.4 Å². The molecule has 0 saturated carbocycles. The number of ketones is 1. The fourth-order valence-electron chi connectivity index (χ4n) is 2.65. The molecular formula is C19H18Cl2N3O+. The predicted octanol–water partition coefficient (Wildman–Crippen LogP) is 4.06. The Morgan fingerprint density at radius 2 is 1.80 bits per heavy atom. The second-order valence-electron chi connectivity index (χ2n) is 5.98. The van der Waals surface area contributed by atoms with Gasteiger partial charge < -0.3 is 0 Å². The van der Waals surface area contributed by atoms with E-state index in [1.165, 1.54) is 0 Å². The lowest BCUT2D eigenvalue weighted by Gasteiger charge is -2.01. The van der Waals surface area contributed by atoms with E-state index in [0.29, 0.717) is 21.6 Å². The van der Waals surface area contributed by atoms with Crippen LogP contribution in [0.2, 0.25) is 10.0 Å². The van der Waals surface area contributed by atoms with Gasteiger partial charge in [-0.3, -0.25) is 10.5 Å². The van der Waals surface area contributed by atoms with Crippen molar-refractivity contribution in [2.24, 2.45) is 7.05 Å². The van der Waals surface area contributed by atoms with Crippen molar-refractivity contribution in [2.75, 3.05) is 5.73 Å². The molecule has 0 aliphatic heterocycles. The van der Waals surface area contributed by atoms with Gasteiger partial charge in [0.2, 0.25) is 0 Å². The average molecular weight is 375 g/mol. The van der Waals surface area contributed by atoms with Crippen molar-refractivity contribution >= 4 is 34.9 Å². The monoisotopic (exact) mass is 374 g/mol. The summed E-state index contributed by atoms with van der Waals surface area (Å²) in [6, 6.07) is 12.9. The van der Waals surface area contributed by atoms with Crippen molar-refractivity contribution < 1.29 is 9.36 Å². The van der Waals surface area contributed by atoms with Crippen LogP contribution in [0.5, 0.6) is 0 Å². The van der Waals surface area contributed by atoms with E-state index >= 15 is 0 Å². The molecule has 3 rings (SSSR count). The van der Waals surface area contributed by atoms with E-state index < -0.39 is 0 Å². The van der Waals surface area contributed by atoms with Gasteiger partial charge in [-0.05, 0) is 25.1 Å². The summed E-state index contributed by atoms with van der Waals surface area (Å²) in [6.45, 7) is 2.16. The van der Waals surface area contributed by atoms with Gasteiger partial charge >= 0.3 is 5.95 Å². The van der Waals surface area contributed by atoms with E-state index in [1.54, 1.807) is 16.7 Å². The molecule has 1 aromatic heterocycles. The Labute approximate surface area is 156 Å². The molecule has 0 spiro atoms. The van der Waals surface area contributed by atoms with Crippen molar-refractivity contribution in [3.05, 3.63) is 69.8 Å². The fourth-order valence-corrected chi connectivity index (χ4v) is 2.95. The Balaban J connectivity index is 1.92. The van der Waals surface area contributed by atoms with Crippen LogP contribution in [0.4, 0.5) is 5.95 Å². The molecule has 6 heteroatoms. The first-order valence-corrected chi connectivity index (χ1v) is 8.52. The number of nitrogens with two attached hydrogens (primary N) is 1. The largest absolute Gasteiger partial charge is 0.355 e. The first kappa shape index (κ1) is 17.5. The van der Waals surface area contributed by atoms with E-state index in [-0.39, 0.29) is 12.3 Å². The summed E-state index contributed by atoms with van der Waals surface area (Å²) in [5, 5.41) is 0.969. The number of Topliss-reactive ketones (excluding diaryl/α,β-unsaturated/α-hetero) is 1. The number of nitrogen functional groups attached to an aromatic ring is 1. The molecule has 2 N–H and O–H groups in total. The number of nitrogens with zero attached hydrogens (tertiary/aromatic N) is 2. The third kappa shape index (κ3) is 3.55. The quantitative estimate of drug-likeness (QED) is 0.552. The molecule has 0 aliphatic carbocycles. The second kappa shape index (κ2) is 6.90. The van der Waals surface area contributed by atoms with E-state index in [4.69, 9.17) is 28.9 Å². The van der Waals surface area contributed by atoms with Crippen molar-refractivity contribution in [2.45, 2.75) is 13.5 Å². The van der Waals surface area contributed by atoms with Gasteiger partial charge in [0, 0.05) is 11.1 Å². The fraction of sp³-hybridized carbons (Fsp3) is 0.158. The van der Waals surface area contributed by atoms with Crippen molar-refractivity contribution in [1.82, 2.24) is 4.57 Å². The molecule has 0 saturated heterocycles. The zero-order chi connectivity index (χ0) is 18.1. The Hall–Kier alpha value is -2.30. The molecule has 0 unspecified atom stereocenters. The number of aryl methyl sites for hydroxylation is 1. The number of carbonyl (C=O) groups excluding carboxylic acids is 1. The van der Waals surface area contributed by atoms with Gasteiger partial charge in [-0.25, -0.2) is 9.13 Å². The lowest BCUT2D eigenvalue weighted by Crippen LogP contribution is -2.39. The highest BCUT2D eigenvalue weighted by atomic mass is 35.5. The molecule has 25 heavy (non-hydrogen) atoms. The zero-order valence-corrected chi connectivity index (χ0v) is 15.5. The van der Waals surface area contributed by atoms with Gasteiger partial charge in [0.15, 0.2) is 5.78 Å². The van der Waals surface area contributed by atoms with Gasteiger partial charge in [0.05, 0.1) is 17.1 Å². The van der Waals surface area contributed by atoms with Crippen LogP contribution in [0.3, 0.4) is 0 Å². The summed E-state index contributed by atoms with van der Waals surface area (Å²) in [4.78, 5) is 12.5. The van der Waals surface area contributed by atoms with Crippen LogP contribution in [0.25, 0.3) is 11.3 Å². The van der Waals surface area contributed by atoms with E-state index in [2.05, 4.69) is 0 Å². The molecule has 128 valence electrons. The number of hydrogen-bond acceptors (Lipinski definition) is 2. The van der Waals surface area contributed by atoms with Gasteiger partial charge in [-0.15, -0.1) is 0 Å². The van der Waals surface area contributed by atoms with Crippen LogP contribution in [0.1, 0.15) is 15.9 Å². The third-order valence-corrected chi connectivity index (χ3v) is 4.92. The van der Waals surface area contributed by atoms with Crippen LogP contribution in [0.15, 0.2) is 48.7 Å². The summed E-state index contributed by atoms with van der Waals surface area (Å²) in [7, 11) is 1.85. The molecule has 0 fully saturated rings.